The molecule has 0 bridgehead atoms. The Hall–Kier alpha value is 0.708. The molecule has 0 saturated carbocycles. The zero-order valence-electron chi connectivity index (χ0n) is 18.3. The van der Waals surface area contributed by atoms with Crippen molar-refractivity contribution in [2.24, 2.45) is 0 Å². The molecule has 1 saturated heterocycles. The van der Waals surface area contributed by atoms with Crippen LogP contribution in [0, 0.1) is 0 Å². The van der Waals surface area contributed by atoms with Crippen LogP contribution in [0.1, 0.15) is 25.7 Å². The van der Waals surface area contributed by atoms with Crippen molar-refractivity contribution in [3.05, 3.63) is 0 Å². The van der Waals surface area contributed by atoms with Gasteiger partial charge >= 0.3 is 8.80 Å². The molecule has 0 amide bonds. The summed E-state index contributed by atoms with van der Waals surface area (Å²) in [6.45, 7) is 24.1. The lowest BCUT2D eigenvalue weighted by molar-refractivity contribution is 0.216. The second kappa shape index (κ2) is 9.27. The Morgan fingerprint density at radius 2 is 1.04 bits per heavy atom. The minimum atomic E-state index is -2.63. The predicted molar refractivity (Wildman–Crippen MR) is 119 cm³/mol. The Morgan fingerprint density at radius 3 is 1.40 bits per heavy atom. The molecule has 1 aliphatic heterocycles. The summed E-state index contributed by atoms with van der Waals surface area (Å²) < 4.78 is 20.3. The molecule has 8 heteroatoms. The molecule has 1 fully saturated rings. The molecule has 1 heterocycles. The molecule has 150 valence electrons. The first-order valence-corrected chi connectivity index (χ1v) is 22.2. The van der Waals surface area contributed by atoms with Crippen molar-refractivity contribution in [2.45, 2.75) is 90.7 Å². The lowest BCUT2D eigenvalue weighted by Gasteiger charge is -2.43. The van der Waals surface area contributed by atoms with Crippen LogP contribution in [-0.2, 0) is 12.3 Å². The SMILES string of the molecule is C[Si](C)(C)O[Si](CCCN1CCCCC1)(O[Si](C)(C)C)O[Si](C)(C)C. The van der Waals surface area contributed by atoms with E-state index < -0.39 is 33.8 Å². The zero-order valence-corrected chi connectivity index (χ0v) is 22.3. The summed E-state index contributed by atoms with van der Waals surface area (Å²) in [6.07, 6.45) is 5.23. The lowest BCUT2D eigenvalue weighted by Crippen LogP contribution is -2.60. The molecule has 0 radical (unpaired) electrons. The maximum atomic E-state index is 6.75. The van der Waals surface area contributed by atoms with Gasteiger partial charge < -0.3 is 17.2 Å². The molecule has 0 unspecified atom stereocenters. The fourth-order valence-electron chi connectivity index (χ4n) is 3.32. The molecule has 0 aliphatic carbocycles. The third-order valence-electron chi connectivity index (χ3n) is 3.79. The van der Waals surface area contributed by atoms with Gasteiger partial charge in [-0.15, -0.1) is 0 Å². The fourth-order valence-corrected chi connectivity index (χ4v) is 18.0. The highest BCUT2D eigenvalue weighted by molar-refractivity contribution is 6.90. The van der Waals surface area contributed by atoms with E-state index in [2.05, 4.69) is 63.8 Å². The van der Waals surface area contributed by atoms with Crippen molar-refractivity contribution in [1.29, 1.82) is 0 Å². The first-order valence-electron chi connectivity index (χ1n) is 10.0. The van der Waals surface area contributed by atoms with Crippen molar-refractivity contribution < 1.29 is 12.3 Å². The third kappa shape index (κ3) is 11.2. The molecular formula is C17H43NO3Si4. The van der Waals surface area contributed by atoms with Crippen molar-refractivity contribution in [3.8, 4) is 0 Å². The summed E-state index contributed by atoms with van der Waals surface area (Å²) in [5.41, 5.74) is 0. The van der Waals surface area contributed by atoms with E-state index in [0.717, 1.165) is 19.0 Å². The predicted octanol–water partition coefficient (Wildman–Crippen LogP) is 5.36. The zero-order chi connectivity index (χ0) is 19.4. The van der Waals surface area contributed by atoms with Crippen LogP contribution in [0.3, 0.4) is 0 Å². The quantitative estimate of drug-likeness (QED) is 0.444. The molecule has 0 aromatic heterocycles. The Balaban J connectivity index is 2.87. The average molecular weight is 422 g/mol. The number of nitrogens with zero attached hydrogens (tertiary/aromatic N) is 1. The van der Waals surface area contributed by atoms with Gasteiger partial charge in [0.1, 0.15) is 0 Å². The van der Waals surface area contributed by atoms with E-state index >= 15 is 0 Å². The smallest absolute Gasteiger partial charge is 0.417 e. The van der Waals surface area contributed by atoms with Crippen molar-refractivity contribution >= 4 is 33.8 Å². The summed E-state index contributed by atoms with van der Waals surface area (Å²) in [5.74, 6) is 0. The van der Waals surface area contributed by atoms with E-state index in [-0.39, 0.29) is 0 Å². The fraction of sp³-hybridized carbons (Fsp3) is 1.00. The van der Waals surface area contributed by atoms with E-state index in [0.29, 0.717) is 0 Å². The summed E-state index contributed by atoms with van der Waals surface area (Å²) >= 11 is 0. The van der Waals surface area contributed by atoms with Gasteiger partial charge in [0, 0.05) is 6.04 Å². The van der Waals surface area contributed by atoms with Gasteiger partial charge in [-0.1, -0.05) is 6.42 Å². The standard InChI is InChI=1S/C17H43NO3Si4/c1-22(2,3)19-25(20-23(4,5)6,21-24(7,8)9)17-13-16-18-14-11-10-12-15-18/h10-17H2,1-9H3. The molecule has 1 rings (SSSR count). The van der Waals surface area contributed by atoms with Crippen LogP contribution in [-0.4, -0.2) is 58.3 Å². The first-order chi connectivity index (χ1) is 11.2. The molecule has 0 aromatic rings. The Bertz CT molecular complexity index is 355. The highest BCUT2D eigenvalue weighted by atomic mass is 28.5. The van der Waals surface area contributed by atoms with E-state index in [4.69, 9.17) is 12.3 Å². The van der Waals surface area contributed by atoms with Crippen LogP contribution >= 0.6 is 0 Å². The van der Waals surface area contributed by atoms with Crippen molar-refractivity contribution in [2.75, 3.05) is 19.6 Å². The van der Waals surface area contributed by atoms with Gasteiger partial charge in [-0.3, -0.25) is 0 Å². The minimum Gasteiger partial charge on any atom is -0.417 e. The van der Waals surface area contributed by atoms with Crippen LogP contribution in [0.15, 0.2) is 0 Å². The van der Waals surface area contributed by atoms with Crippen LogP contribution in [0.4, 0.5) is 0 Å². The topological polar surface area (TPSA) is 30.9 Å². The van der Waals surface area contributed by atoms with Crippen LogP contribution in [0.5, 0.6) is 0 Å². The second-order valence-corrected chi connectivity index (χ2v) is 27.3. The molecular weight excluding hydrogens is 379 g/mol. The third-order valence-corrected chi connectivity index (χ3v) is 15.8. The molecule has 4 nitrogen and oxygen atoms in total. The number of likely N-dealkylation sites (tertiary alicyclic amines) is 1. The van der Waals surface area contributed by atoms with Gasteiger partial charge in [0.15, 0.2) is 25.0 Å². The van der Waals surface area contributed by atoms with E-state index in [1.807, 2.05) is 0 Å². The van der Waals surface area contributed by atoms with Crippen LogP contribution < -0.4 is 0 Å². The molecule has 0 aromatic carbocycles. The average Bonchev–Trinajstić information content (AvgIpc) is 2.33. The molecule has 0 N–H and O–H groups in total. The summed E-state index contributed by atoms with van der Waals surface area (Å²) in [6, 6.07) is 0.975. The van der Waals surface area contributed by atoms with E-state index in [1.165, 1.54) is 32.4 Å². The summed E-state index contributed by atoms with van der Waals surface area (Å²) in [7, 11) is -7.85. The summed E-state index contributed by atoms with van der Waals surface area (Å²) in [4.78, 5) is 2.61. The number of hydrogen-bond donors (Lipinski definition) is 0. The Kier molecular flexibility index (Phi) is 8.80. The van der Waals surface area contributed by atoms with Gasteiger partial charge in [0.25, 0.3) is 0 Å². The van der Waals surface area contributed by atoms with Gasteiger partial charge in [0.05, 0.1) is 0 Å². The molecule has 1 aliphatic rings. The van der Waals surface area contributed by atoms with E-state index in [1.54, 1.807) is 0 Å². The van der Waals surface area contributed by atoms with Crippen molar-refractivity contribution in [3.63, 3.8) is 0 Å². The van der Waals surface area contributed by atoms with Gasteiger partial charge in [0.2, 0.25) is 0 Å². The first kappa shape index (κ1) is 23.7. The molecule has 0 spiro atoms. The normalized spacial score (nSPS) is 18.6. The lowest BCUT2D eigenvalue weighted by atomic mass is 10.1. The highest BCUT2D eigenvalue weighted by Crippen LogP contribution is 2.30. The second-order valence-electron chi connectivity index (χ2n) is 10.3. The molecule has 25 heavy (non-hydrogen) atoms. The van der Waals surface area contributed by atoms with Gasteiger partial charge in [-0.2, -0.15) is 0 Å². The minimum absolute atomic E-state index is 0.975. The number of piperidine rings is 1. The Labute approximate surface area is 161 Å². The van der Waals surface area contributed by atoms with Crippen LogP contribution in [0.25, 0.3) is 0 Å². The van der Waals surface area contributed by atoms with Gasteiger partial charge in [-0.05, 0) is 97.8 Å². The van der Waals surface area contributed by atoms with Crippen LogP contribution in [0.2, 0.25) is 65.0 Å². The molecule has 0 atom stereocenters. The number of rotatable bonds is 10. The van der Waals surface area contributed by atoms with E-state index in [9.17, 15) is 0 Å². The number of hydrogen-bond acceptors (Lipinski definition) is 4. The summed E-state index contributed by atoms with van der Waals surface area (Å²) in [5, 5.41) is 0. The van der Waals surface area contributed by atoms with Gasteiger partial charge in [-0.25, -0.2) is 0 Å². The van der Waals surface area contributed by atoms with Crippen molar-refractivity contribution in [1.82, 2.24) is 4.90 Å². The monoisotopic (exact) mass is 421 g/mol. The largest absolute Gasteiger partial charge is 0.469 e. The maximum Gasteiger partial charge on any atom is 0.469 e. The highest BCUT2D eigenvalue weighted by Gasteiger charge is 2.49. The Morgan fingerprint density at radius 1 is 0.640 bits per heavy atom. The maximum absolute atomic E-state index is 6.75.